The van der Waals surface area contributed by atoms with Gasteiger partial charge in [0, 0.05) is 17.5 Å². The van der Waals surface area contributed by atoms with E-state index in [-0.39, 0.29) is 6.03 Å². The fourth-order valence-corrected chi connectivity index (χ4v) is 4.50. The minimum Gasteiger partial charge on any atom is -0.315 e. The van der Waals surface area contributed by atoms with Crippen molar-refractivity contribution in [2.75, 3.05) is 5.32 Å². The summed E-state index contributed by atoms with van der Waals surface area (Å²) in [6, 6.07) is 13.9. The number of aryl methyl sites for hydroxylation is 1. The molecule has 0 spiro atoms. The minimum atomic E-state index is -0.215. The third-order valence-corrected chi connectivity index (χ3v) is 5.98. The summed E-state index contributed by atoms with van der Waals surface area (Å²) in [6.45, 7) is 2.09. The third-order valence-electron chi connectivity index (χ3n) is 4.92. The number of amides is 2. The normalized spacial score (nSPS) is 14.9. The maximum Gasteiger partial charge on any atom is 0.323 e. The quantitative estimate of drug-likeness (QED) is 0.577. The van der Waals surface area contributed by atoms with Crippen LogP contribution >= 0.6 is 11.3 Å². The number of anilines is 1. The number of hydrogen-bond acceptors (Lipinski definition) is 3. The molecule has 0 bridgehead atoms. The van der Waals surface area contributed by atoms with Gasteiger partial charge in [-0.05, 0) is 67.6 Å². The van der Waals surface area contributed by atoms with Crippen molar-refractivity contribution >= 4 is 33.3 Å². The summed E-state index contributed by atoms with van der Waals surface area (Å²) in [7, 11) is 0. The SMILES string of the molecule is Cc1ccc2nc(-c3ccc(NC(=O)N/C=C/C4CCCC4)cc3)sc2c1. The van der Waals surface area contributed by atoms with Crippen LogP contribution in [0.2, 0.25) is 0 Å². The van der Waals surface area contributed by atoms with Crippen LogP contribution in [-0.4, -0.2) is 11.0 Å². The lowest BCUT2D eigenvalue weighted by molar-refractivity contribution is 0.255. The molecule has 1 aliphatic carbocycles. The maximum atomic E-state index is 12.0. The fourth-order valence-electron chi connectivity index (χ4n) is 3.43. The van der Waals surface area contributed by atoms with Gasteiger partial charge in [0.2, 0.25) is 0 Å². The van der Waals surface area contributed by atoms with E-state index in [4.69, 9.17) is 4.98 Å². The van der Waals surface area contributed by atoms with Crippen molar-refractivity contribution < 1.29 is 4.79 Å². The first kappa shape index (κ1) is 17.7. The van der Waals surface area contributed by atoms with Crippen molar-refractivity contribution in [3.63, 3.8) is 0 Å². The Labute approximate surface area is 163 Å². The van der Waals surface area contributed by atoms with Crippen molar-refractivity contribution in [1.82, 2.24) is 10.3 Å². The first-order chi connectivity index (χ1) is 13.2. The highest BCUT2D eigenvalue weighted by molar-refractivity contribution is 7.21. The molecule has 4 nitrogen and oxygen atoms in total. The molecule has 0 unspecified atom stereocenters. The highest BCUT2D eigenvalue weighted by Crippen LogP contribution is 2.31. The van der Waals surface area contributed by atoms with Crippen molar-refractivity contribution in [2.24, 2.45) is 5.92 Å². The Hall–Kier alpha value is -2.66. The van der Waals surface area contributed by atoms with Crippen molar-refractivity contribution in [3.8, 4) is 10.6 Å². The van der Waals surface area contributed by atoms with Gasteiger partial charge >= 0.3 is 6.03 Å². The number of thiazole rings is 1. The first-order valence-corrected chi connectivity index (χ1v) is 10.2. The molecule has 1 fully saturated rings. The van der Waals surface area contributed by atoms with Gasteiger partial charge in [0.15, 0.2) is 0 Å². The summed E-state index contributed by atoms with van der Waals surface area (Å²) < 4.78 is 1.20. The second kappa shape index (κ2) is 7.92. The van der Waals surface area contributed by atoms with Crippen LogP contribution in [0.15, 0.2) is 54.7 Å². The van der Waals surface area contributed by atoms with E-state index in [9.17, 15) is 4.79 Å². The molecular weight excluding hydrogens is 354 g/mol. The summed E-state index contributed by atoms with van der Waals surface area (Å²) in [6.07, 6.45) is 8.91. The van der Waals surface area contributed by atoms with Crippen LogP contribution in [0.3, 0.4) is 0 Å². The number of urea groups is 1. The molecule has 2 N–H and O–H groups in total. The highest BCUT2D eigenvalue weighted by atomic mass is 32.1. The van der Waals surface area contributed by atoms with Crippen molar-refractivity contribution in [3.05, 3.63) is 60.3 Å². The summed E-state index contributed by atoms with van der Waals surface area (Å²) >= 11 is 1.69. The lowest BCUT2D eigenvalue weighted by Crippen LogP contribution is -2.23. The highest BCUT2D eigenvalue weighted by Gasteiger charge is 2.11. The molecule has 4 rings (SSSR count). The molecular formula is C22H23N3OS. The summed E-state index contributed by atoms with van der Waals surface area (Å²) in [5.74, 6) is 0.613. The van der Waals surface area contributed by atoms with E-state index in [0.717, 1.165) is 21.8 Å². The van der Waals surface area contributed by atoms with Gasteiger partial charge in [-0.2, -0.15) is 0 Å². The van der Waals surface area contributed by atoms with Gasteiger partial charge in [-0.3, -0.25) is 0 Å². The Kier molecular flexibility index (Phi) is 5.21. The minimum absolute atomic E-state index is 0.215. The monoisotopic (exact) mass is 377 g/mol. The van der Waals surface area contributed by atoms with Crippen LogP contribution in [-0.2, 0) is 0 Å². The number of nitrogens with one attached hydrogen (secondary N) is 2. The number of nitrogens with zero attached hydrogens (tertiary/aromatic N) is 1. The average Bonchev–Trinajstić information content (AvgIpc) is 3.31. The average molecular weight is 378 g/mol. The van der Waals surface area contributed by atoms with Crippen LogP contribution < -0.4 is 10.6 Å². The van der Waals surface area contributed by atoms with E-state index in [1.165, 1.54) is 35.9 Å². The smallest absolute Gasteiger partial charge is 0.315 e. The Morgan fingerprint density at radius 1 is 1.15 bits per heavy atom. The molecule has 1 aromatic heterocycles. The van der Waals surface area contributed by atoms with Crippen LogP contribution in [0, 0.1) is 12.8 Å². The topological polar surface area (TPSA) is 54.0 Å². The van der Waals surface area contributed by atoms with E-state index in [0.29, 0.717) is 5.92 Å². The second-order valence-corrected chi connectivity index (χ2v) is 8.10. The third kappa shape index (κ3) is 4.37. The second-order valence-electron chi connectivity index (χ2n) is 7.07. The Bertz CT molecular complexity index is 969. The Balaban J connectivity index is 1.38. The Morgan fingerprint density at radius 2 is 1.93 bits per heavy atom. The molecule has 0 radical (unpaired) electrons. The molecule has 1 saturated carbocycles. The van der Waals surface area contributed by atoms with Crippen LogP contribution in [0.25, 0.3) is 20.8 Å². The molecule has 2 amide bonds. The first-order valence-electron chi connectivity index (χ1n) is 9.39. The predicted molar refractivity (Wildman–Crippen MR) is 113 cm³/mol. The van der Waals surface area contributed by atoms with Gasteiger partial charge in [-0.15, -0.1) is 11.3 Å². The van der Waals surface area contributed by atoms with Crippen LogP contribution in [0.4, 0.5) is 10.5 Å². The number of aromatic nitrogens is 1. The Morgan fingerprint density at radius 3 is 2.70 bits per heavy atom. The van der Waals surface area contributed by atoms with Gasteiger partial charge in [-0.25, -0.2) is 9.78 Å². The summed E-state index contributed by atoms with van der Waals surface area (Å²) in [5.41, 5.74) is 4.09. The largest absolute Gasteiger partial charge is 0.323 e. The zero-order valence-electron chi connectivity index (χ0n) is 15.4. The van der Waals surface area contributed by atoms with Gasteiger partial charge < -0.3 is 10.6 Å². The predicted octanol–water partition coefficient (Wildman–Crippen LogP) is 6.10. The molecule has 1 heterocycles. The number of carbonyl (C=O) groups excluding carboxylic acids is 1. The molecule has 5 heteroatoms. The van der Waals surface area contributed by atoms with Crippen molar-refractivity contribution in [2.45, 2.75) is 32.6 Å². The number of benzene rings is 2. The number of rotatable bonds is 4. The summed E-state index contributed by atoms with van der Waals surface area (Å²) in [4.78, 5) is 16.7. The van der Waals surface area contributed by atoms with Gasteiger partial charge in [-0.1, -0.05) is 25.0 Å². The lowest BCUT2D eigenvalue weighted by atomic mass is 10.1. The maximum absolute atomic E-state index is 12.0. The number of hydrogen-bond donors (Lipinski definition) is 2. The van der Waals surface area contributed by atoms with Crippen LogP contribution in [0.1, 0.15) is 31.2 Å². The van der Waals surface area contributed by atoms with E-state index < -0.39 is 0 Å². The van der Waals surface area contributed by atoms with E-state index >= 15 is 0 Å². The van der Waals surface area contributed by atoms with Gasteiger partial charge in [0.1, 0.15) is 5.01 Å². The number of fused-ring (bicyclic) bond motifs is 1. The zero-order valence-corrected chi connectivity index (χ0v) is 16.2. The molecule has 0 saturated heterocycles. The standard InChI is InChI=1S/C22H23N3OS/c1-15-6-11-19-20(14-15)27-21(25-19)17-7-9-18(10-8-17)24-22(26)23-13-12-16-4-2-3-5-16/h6-14,16H,2-5H2,1H3,(H2,23,24,26)/b13-12+. The van der Waals surface area contributed by atoms with Crippen LogP contribution in [0.5, 0.6) is 0 Å². The van der Waals surface area contributed by atoms with E-state index in [1.807, 2.05) is 24.3 Å². The van der Waals surface area contributed by atoms with E-state index in [2.05, 4.69) is 41.8 Å². The zero-order chi connectivity index (χ0) is 18.6. The molecule has 2 aromatic carbocycles. The summed E-state index contributed by atoms with van der Waals surface area (Å²) in [5, 5.41) is 6.64. The van der Waals surface area contributed by atoms with Crippen molar-refractivity contribution in [1.29, 1.82) is 0 Å². The van der Waals surface area contributed by atoms with E-state index in [1.54, 1.807) is 17.5 Å². The molecule has 1 aliphatic rings. The van der Waals surface area contributed by atoms with Gasteiger partial charge in [0.25, 0.3) is 0 Å². The molecule has 27 heavy (non-hydrogen) atoms. The molecule has 138 valence electrons. The molecule has 0 atom stereocenters. The molecule has 3 aromatic rings. The lowest BCUT2D eigenvalue weighted by Gasteiger charge is -2.06. The van der Waals surface area contributed by atoms with Gasteiger partial charge in [0.05, 0.1) is 10.2 Å². The number of allylic oxidation sites excluding steroid dienone is 1. The fraction of sp³-hybridized carbons (Fsp3) is 0.273. The number of carbonyl (C=O) groups is 1. The molecule has 0 aliphatic heterocycles.